The number of hydrogen-bond donors (Lipinski definition) is 2. The van der Waals surface area contributed by atoms with Crippen molar-refractivity contribution in [2.75, 3.05) is 7.11 Å². The van der Waals surface area contributed by atoms with Crippen molar-refractivity contribution in [3.8, 4) is 17.2 Å². The Balaban J connectivity index is 2.09. The fraction of sp³-hybridized carbons (Fsp3) is 0.346. The van der Waals surface area contributed by atoms with Crippen LogP contribution >= 0.6 is 0 Å². The molecule has 1 aliphatic carbocycles. The molecule has 0 aliphatic heterocycles. The summed E-state index contributed by atoms with van der Waals surface area (Å²) in [6.45, 7) is 6.43. The second-order valence-corrected chi connectivity index (χ2v) is 8.33. The quantitative estimate of drug-likeness (QED) is 0.346. The summed E-state index contributed by atoms with van der Waals surface area (Å²) in [5.41, 5.74) is 2.61. The monoisotopic (exact) mass is 406 g/mol. The zero-order chi connectivity index (χ0) is 21.8. The molecule has 0 amide bonds. The predicted octanol–water partition coefficient (Wildman–Crippen LogP) is 6.10. The largest absolute Gasteiger partial charge is 0.507 e. The summed E-state index contributed by atoms with van der Waals surface area (Å²) >= 11 is 0. The average Bonchev–Trinajstić information content (AvgIpc) is 2.72. The van der Waals surface area contributed by atoms with Gasteiger partial charge in [-0.15, -0.1) is 0 Å². The van der Waals surface area contributed by atoms with Crippen LogP contribution in [-0.2, 0) is 0 Å². The third kappa shape index (κ3) is 4.43. The molecule has 0 unspecified atom stereocenters. The Labute approximate surface area is 178 Å². The molecule has 30 heavy (non-hydrogen) atoms. The van der Waals surface area contributed by atoms with Gasteiger partial charge in [-0.3, -0.25) is 4.79 Å². The number of carbonyl (C=O) groups excluding carboxylic acids is 1. The van der Waals surface area contributed by atoms with E-state index in [2.05, 4.69) is 26.8 Å². The lowest BCUT2D eigenvalue weighted by Gasteiger charge is -2.34. The number of ketones is 1. The zero-order valence-electron chi connectivity index (χ0n) is 18.1. The number of benzene rings is 2. The molecule has 1 aliphatic rings. The second kappa shape index (κ2) is 9.21. The summed E-state index contributed by atoms with van der Waals surface area (Å²) in [6, 6.07) is 10.9. The van der Waals surface area contributed by atoms with Gasteiger partial charge in [-0.05, 0) is 43.2 Å². The molecule has 0 spiro atoms. The van der Waals surface area contributed by atoms with E-state index in [-0.39, 0.29) is 23.0 Å². The Kier molecular flexibility index (Phi) is 6.66. The van der Waals surface area contributed by atoms with Gasteiger partial charge in [0.1, 0.15) is 22.8 Å². The van der Waals surface area contributed by atoms with Crippen LogP contribution in [0.4, 0.5) is 0 Å². The molecular weight excluding hydrogens is 376 g/mol. The fourth-order valence-electron chi connectivity index (χ4n) is 4.33. The van der Waals surface area contributed by atoms with Crippen LogP contribution in [0.1, 0.15) is 61.0 Å². The fourth-order valence-corrected chi connectivity index (χ4v) is 4.33. The van der Waals surface area contributed by atoms with E-state index in [1.807, 2.05) is 30.3 Å². The first-order valence-corrected chi connectivity index (χ1v) is 10.4. The number of ether oxygens (including phenoxy) is 1. The summed E-state index contributed by atoms with van der Waals surface area (Å²) in [7, 11) is 1.51. The van der Waals surface area contributed by atoms with Crippen molar-refractivity contribution in [2.45, 2.75) is 39.5 Å². The Morgan fingerprint density at radius 1 is 1.20 bits per heavy atom. The molecule has 4 nitrogen and oxygen atoms in total. The minimum absolute atomic E-state index is 0.0843. The molecule has 4 heteroatoms. The van der Waals surface area contributed by atoms with Crippen molar-refractivity contribution in [3.05, 3.63) is 70.8 Å². The summed E-state index contributed by atoms with van der Waals surface area (Å²) in [5, 5.41) is 21.7. The van der Waals surface area contributed by atoms with E-state index in [1.165, 1.54) is 24.8 Å². The molecule has 0 fully saturated rings. The van der Waals surface area contributed by atoms with Crippen LogP contribution in [0, 0.1) is 11.8 Å². The summed E-state index contributed by atoms with van der Waals surface area (Å²) in [5.74, 6) is 0.0873. The minimum Gasteiger partial charge on any atom is -0.507 e. The van der Waals surface area contributed by atoms with Crippen LogP contribution in [0.5, 0.6) is 17.2 Å². The van der Waals surface area contributed by atoms with Crippen LogP contribution in [-0.4, -0.2) is 23.1 Å². The molecule has 0 saturated heterocycles. The van der Waals surface area contributed by atoms with Gasteiger partial charge in [-0.25, -0.2) is 0 Å². The highest BCUT2D eigenvalue weighted by molar-refractivity contribution is 6.11. The van der Waals surface area contributed by atoms with Crippen LogP contribution in [0.2, 0.25) is 0 Å². The number of phenolic OH excluding ortho intramolecular Hbond substituents is 2. The van der Waals surface area contributed by atoms with E-state index in [0.717, 1.165) is 18.4 Å². The normalized spacial score (nSPS) is 19.2. The molecule has 0 heterocycles. The summed E-state index contributed by atoms with van der Waals surface area (Å²) < 4.78 is 5.51. The van der Waals surface area contributed by atoms with Gasteiger partial charge in [0.15, 0.2) is 5.78 Å². The summed E-state index contributed by atoms with van der Waals surface area (Å²) in [4.78, 5) is 12.9. The van der Waals surface area contributed by atoms with E-state index in [1.54, 1.807) is 6.08 Å². The van der Waals surface area contributed by atoms with E-state index in [4.69, 9.17) is 4.74 Å². The third-order valence-electron chi connectivity index (χ3n) is 5.96. The van der Waals surface area contributed by atoms with Gasteiger partial charge < -0.3 is 14.9 Å². The lowest BCUT2D eigenvalue weighted by atomic mass is 9.71. The van der Waals surface area contributed by atoms with Gasteiger partial charge in [0.2, 0.25) is 0 Å². The maximum atomic E-state index is 12.9. The molecule has 158 valence electrons. The average molecular weight is 407 g/mol. The van der Waals surface area contributed by atoms with E-state index in [9.17, 15) is 15.0 Å². The lowest BCUT2D eigenvalue weighted by Crippen LogP contribution is -2.22. The molecule has 2 atom stereocenters. The Hall–Kier alpha value is -3.01. The first-order chi connectivity index (χ1) is 14.3. The first kappa shape index (κ1) is 21.7. The Morgan fingerprint density at radius 2 is 1.90 bits per heavy atom. The lowest BCUT2D eigenvalue weighted by molar-refractivity contribution is 0.104. The molecule has 0 bridgehead atoms. The number of methoxy groups -OCH3 is 1. The molecule has 0 saturated carbocycles. The molecule has 0 radical (unpaired) electrons. The molecular formula is C26H30O4. The number of carbonyl (C=O) groups is 1. The number of aromatic hydroxyl groups is 2. The van der Waals surface area contributed by atoms with Gasteiger partial charge in [-0.1, -0.05) is 61.9 Å². The van der Waals surface area contributed by atoms with Crippen LogP contribution in [0.3, 0.4) is 0 Å². The van der Waals surface area contributed by atoms with E-state index >= 15 is 0 Å². The number of allylic oxidation sites excluding steroid dienone is 3. The van der Waals surface area contributed by atoms with E-state index < -0.39 is 5.78 Å². The number of hydrogen-bond acceptors (Lipinski definition) is 4. The molecule has 0 aromatic heterocycles. The molecule has 2 aromatic rings. The molecule has 3 rings (SSSR count). The van der Waals surface area contributed by atoms with Crippen molar-refractivity contribution in [1.29, 1.82) is 0 Å². The summed E-state index contributed by atoms with van der Waals surface area (Å²) in [6.07, 6.45) is 7.24. The van der Waals surface area contributed by atoms with Crippen molar-refractivity contribution < 1.29 is 19.7 Å². The van der Waals surface area contributed by atoms with Crippen LogP contribution in [0.15, 0.2) is 54.1 Å². The second-order valence-electron chi connectivity index (χ2n) is 8.33. The van der Waals surface area contributed by atoms with Crippen molar-refractivity contribution in [2.24, 2.45) is 11.8 Å². The minimum atomic E-state index is -0.449. The third-order valence-corrected chi connectivity index (χ3v) is 5.96. The van der Waals surface area contributed by atoms with Crippen molar-refractivity contribution in [1.82, 2.24) is 0 Å². The highest BCUT2D eigenvalue weighted by Crippen LogP contribution is 2.49. The standard InChI is InChI=1S/C26H30O4/c1-16(2)19-12-10-17(3)14-20(19)24-23(30-4)15-22(28)25(26(24)29)21(27)13-11-18-8-6-5-7-9-18/h5-9,11,13-16,19-20,28-29H,10,12H2,1-4H3/b13-11+/t19-,20+/m1/s1. The smallest absolute Gasteiger partial charge is 0.193 e. The van der Waals surface area contributed by atoms with Gasteiger partial charge in [0.25, 0.3) is 0 Å². The topological polar surface area (TPSA) is 66.8 Å². The van der Waals surface area contributed by atoms with E-state index in [0.29, 0.717) is 23.1 Å². The Bertz CT molecular complexity index is 970. The van der Waals surface area contributed by atoms with Crippen LogP contribution in [0.25, 0.3) is 6.08 Å². The highest BCUT2D eigenvalue weighted by atomic mass is 16.5. The maximum absolute atomic E-state index is 12.9. The van der Waals surface area contributed by atoms with Crippen LogP contribution < -0.4 is 4.74 Å². The van der Waals surface area contributed by atoms with Crippen molar-refractivity contribution in [3.63, 3.8) is 0 Å². The maximum Gasteiger partial charge on any atom is 0.193 e. The number of rotatable bonds is 6. The van der Waals surface area contributed by atoms with Gasteiger partial charge in [0, 0.05) is 17.5 Å². The van der Waals surface area contributed by atoms with Crippen molar-refractivity contribution >= 4 is 11.9 Å². The number of phenols is 2. The first-order valence-electron chi connectivity index (χ1n) is 10.4. The zero-order valence-corrected chi connectivity index (χ0v) is 18.1. The predicted molar refractivity (Wildman–Crippen MR) is 120 cm³/mol. The highest BCUT2D eigenvalue weighted by Gasteiger charge is 2.34. The molecule has 2 aromatic carbocycles. The SMILES string of the molecule is COc1cc(O)c(C(=O)/C=C/c2ccccc2)c(O)c1[C@H]1C=C(C)CC[C@@H]1C(C)C. The Morgan fingerprint density at radius 3 is 2.53 bits per heavy atom. The molecule has 2 N–H and O–H groups in total. The van der Waals surface area contributed by atoms with Gasteiger partial charge in [0.05, 0.1) is 7.11 Å². The van der Waals surface area contributed by atoms with Gasteiger partial charge in [-0.2, -0.15) is 0 Å². The van der Waals surface area contributed by atoms with Gasteiger partial charge >= 0.3 is 0 Å².